The first-order valence-corrected chi connectivity index (χ1v) is 3.69. The smallest absolute Gasteiger partial charge is 0 e. The zero-order chi connectivity index (χ0) is 6.53. The van der Waals surface area contributed by atoms with Gasteiger partial charge in [-0.15, -0.1) is 43.6 Å². The molecule has 0 fully saturated rings. The van der Waals surface area contributed by atoms with Gasteiger partial charge in [0.2, 0.25) is 0 Å². The average Bonchev–Trinajstić information content (AvgIpc) is 2.34. The largest absolute Gasteiger partial charge is 0.269 e. The number of unbranched alkanes of at least 4 members (excludes halogenated alkanes) is 1. The molecule has 0 saturated heterocycles. The normalized spacial score (nSPS) is 11.3. The van der Waals surface area contributed by atoms with Crippen molar-refractivity contribution in [3.8, 4) is 0 Å². The topological polar surface area (TPSA) is 0 Å². The molecule has 0 spiro atoms. The van der Waals surface area contributed by atoms with Crippen LogP contribution in [0.1, 0.15) is 32.6 Å². The molecule has 0 N–H and O–H groups in total. The Hall–Kier alpha value is 0.934. The van der Waals surface area contributed by atoms with Crippen LogP contribution in [0.4, 0.5) is 0 Å². The fourth-order valence-corrected chi connectivity index (χ4v) is 0.989. The molecule has 79 valence electrons. The summed E-state index contributed by atoms with van der Waals surface area (Å²) < 4.78 is 0. The van der Waals surface area contributed by atoms with Gasteiger partial charge in [-0.2, -0.15) is 6.08 Å². The van der Waals surface area contributed by atoms with Crippen LogP contribution in [0.3, 0.4) is 0 Å². The predicted octanol–water partition coefficient (Wildman–Crippen LogP) is 4.13. The van der Waals surface area contributed by atoms with Gasteiger partial charge in [-0.1, -0.05) is 26.2 Å². The second-order valence-corrected chi connectivity index (χ2v) is 2.41. The Morgan fingerprint density at radius 2 is 1.92 bits per heavy atom. The summed E-state index contributed by atoms with van der Waals surface area (Å²) in [7, 11) is 0. The van der Waals surface area contributed by atoms with Crippen molar-refractivity contribution in [1.82, 2.24) is 0 Å². The molecule has 0 saturated carbocycles. The second kappa shape index (κ2) is 15.4. The molecule has 0 amide bonds. The van der Waals surface area contributed by atoms with E-state index in [1.807, 2.05) is 0 Å². The first-order valence-electron chi connectivity index (χ1n) is 3.69. The molecule has 0 aliphatic heterocycles. The van der Waals surface area contributed by atoms with Crippen molar-refractivity contribution in [2.24, 2.45) is 0 Å². The molecule has 0 atom stereocenters. The zero-order valence-electron chi connectivity index (χ0n) is 7.66. The Kier molecular flexibility index (Phi) is 28.0. The van der Waals surface area contributed by atoms with Crippen LogP contribution in [0.25, 0.3) is 0 Å². The van der Waals surface area contributed by atoms with Crippen molar-refractivity contribution in [3.63, 3.8) is 0 Å². The van der Waals surface area contributed by atoms with Gasteiger partial charge >= 0.3 is 0 Å². The maximum atomic E-state index is 3.30. The van der Waals surface area contributed by atoms with E-state index in [-0.39, 0.29) is 55.8 Å². The van der Waals surface area contributed by atoms with Crippen molar-refractivity contribution in [1.29, 1.82) is 0 Å². The Labute approximate surface area is 112 Å². The van der Waals surface area contributed by atoms with Crippen LogP contribution >= 0.6 is 37.2 Å². The number of allylic oxidation sites excluding steroid dienone is 4. The molecule has 1 rings (SSSR count). The third kappa shape index (κ3) is 10.9. The van der Waals surface area contributed by atoms with Crippen LogP contribution in [0.2, 0.25) is 0 Å². The molecule has 0 nitrogen and oxygen atoms in total. The fourth-order valence-electron chi connectivity index (χ4n) is 0.989. The van der Waals surface area contributed by atoms with Crippen molar-refractivity contribution in [3.05, 3.63) is 23.8 Å². The minimum Gasteiger partial charge on any atom is -0.269 e. The Morgan fingerprint density at radius 3 is 2.31 bits per heavy atom. The van der Waals surface area contributed by atoms with Crippen LogP contribution in [-0.2, 0) is 18.6 Å². The molecule has 1 aliphatic rings. The minimum atomic E-state index is 0. The Morgan fingerprint density at radius 1 is 1.31 bits per heavy atom. The van der Waals surface area contributed by atoms with Crippen LogP contribution < -0.4 is 0 Å². The fraction of sp³-hybridized carbons (Fsp3) is 0.556. The molecule has 13 heavy (non-hydrogen) atoms. The van der Waals surface area contributed by atoms with E-state index in [9.17, 15) is 0 Å². The summed E-state index contributed by atoms with van der Waals surface area (Å²) in [6, 6.07) is 0. The van der Waals surface area contributed by atoms with E-state index in [1.54, 1.807) is 0 Å². The molecule has 4 heteroatoms. The molecular weight excluding hydrogens is 265 g/mol. The first-order chi connectivity index (χ1) is 4.43. The van der Waals surface area contributed by atoms with E-state index < -0.39 is 0 Å². The Bertz CT molecular complexity index is 144. The second-order valence-electron chi connectivity index (χ2n) is 2.41. The van der Waals surface area contributed by atoms with Crippen molar-refractivity contribution < 1.29 is 18.6 Å². The van der Waals surface area contributed by atoms with Crippen molar-refractivity contribution in [2.75, 3.05) is 0 Å². The summed E-state index contributed by atoms with van der Waals surface area (Å²) in [5.74, 6) is 0. The van der Waals surface area contributed by atoms with Gasteiger partial charge in [0.15, 0.2) is 0 Å². The molecular formula is C9H16Cl3V-. The molecule has 0 unspecified atom stereocenters. The van der Waals surface area contributed by atoms with E-state index >= 15 is 0 Å². The summed E-state index contributed by atoms with van der Waals surface area (Å²) in [6.45, 7) is 2.22. The van der Waals surface area contributed by atoms with Crippen LogP contribution in [0.15, 0.2) is 17.7 Å². The number of hydrogen-bond acceptors (Lipinski definition) is 0. The molecule has 1 aliphatic carbocycles. The summed E-state index contributed by atoms with van der Waals surface area (Å²) in [6.07, 6.45) is 12.5. The predicted molar refractivity (Wildman–Crippen MR) is 61.8 cm³/mol. The van der Waals surface area contributed by atoms with Crippen LogP contribution in [0, 0.1) is 6.08 Å². The van der Waals surface area contributed by atoms with Crippen molar-refractivity contribution in [2.45, 2.75) is 32.6 Å². The molecule has 0 aromatic heterocycles. The minimum absolute atomic E-state index is 0. The molecule has 1 radical (unpaired) electrons. The number of halogens is 3. The van der Waals surface area contributed by atoms with Crippen molar-refractivity contribution >= 4 is 37.2 Å². The van der Waals surface area contributed by atoms with E-state index in [4.69, 9.17) is 0 Å². The zero-order valence-corrected chi connectivity index (χ0v) is 11.5. The van der Waals surface area contributed by atoms with Gasteiger partial charge in [-0.25, -0.2) is 11.6 Å². The maximum absolute atomic E-state index is 3.30. The monoisotopic (exact) mass is 280 g/mol. The SMILES string of the molecule is CCCCC1=[C-]CC=C1.Cl.Cl.Cl.[V]. The third-order valence-electron chi connectivity index (χ3n) is 1.57. The molecule has 0 aromatic carbocycles. The van der Waals surface area contributed by atoms with E-state index in [2.05, 4.69) is 25.2 Å². The molecule has 0 bridgehead atoms. The van der Waals surface area contributed by atoms with Gasteiger partial charge in [0.1, 0.15) is 0 Å². The van der Waals surface area contributed by atoms with Gasteiger partial charge in [0.25, 0.3) is 0 Å². The molecule has 0 heterocycles. The van der Waals surface area contributed by atoms with E-state index in [0.717, 1.165) is 6.42 Å². The van der Waals surface area contributed by atoms with Crippen LogP contribution in [-0.4, -0.2) is 0 Å². The number of hydrogen-bond donors (Lipinski definition) is 0. The summed E-state index contributed by atoms with van der Waals surface area (Å²) in [5, 5.41) is 0. The third-order valence-corrected chi connectivity index (χ3v) is 1.57. The quantitative estimate of drug-likeness (QED) is 0.682. The maximum Gasteiger partial charge on any atom is 0 e. The number of rotatable bonds is 3. The standard InChI is InChI=1S/C9H13.3ClH.V/c1-2-3-6-9-7-4-5-8-9;;;;/h4,7H,2-3,5-6H2,1H3;3*1H;/q-1;;;;. The van der Waals surface area contributed by atoms with Gasteiger partial charge in [0.05, 0.1) is 0 Å². The molecule has 0 aromatic rings. The summed E-state index contributed by atoms with van der Waals surface area (Å²) in [5.41, 5.74) is 1.41. The van der Waals surface area contributed by atoms with Gasteiger partial charge in [0, 0.05) is 18.6 Å². The summed E-state index contributed by atoms with van der Waals surface area (Å²) >= 11 is 0. The van der Waals surface area contributed by atoms with Crippen LogP contribution in [0.5, 0.6) is 0 Å². The van der Waals surface area contributed by atoms with E-state index in [0.29, 0.717) is 0 Å². The van der Waals surface area contributed by atoms with E-state index in [1.165, 1.54) is 24.8 Å². The Balaban J connectivity index is -0.000000101. The van der Waals surface area contributed by atoms with Gasteiger partial charge < -0.3 is 0 Å². The summed E-state index contributed by atoms with van der Waals surface area (Å²) in [4.78, 5) is 0. The first kappa shape index (κ1) is 23.6. The van der Waals surface area contributed by atoms with Gasteiger partial charge in [-0.05, 0) is 0 Å². The average molecular weight is 282 g/mol. The van der Waals surface area contributed by atoms with Gasteiger partial charge in [-0.3, -0.25) is 6.08 Å².